The first kappa shape index (κ1) is 16.5. The maximum Gasteiger partial charge on any atom is 0.0597 e. The highest BCUT2D eigenvalue weighted by Gasteiger charge is 2.17. The minimum Gasteiger partial charge on any atom is -0.308 e. The van der Waals surface area contributed by atoms with Gasteiger partial charge in [-0.05, 0) is 79.6 Å². The van der Waals surface area contributed by atoms with Crippen molar-refractivity contribution >= 4 is 22.6 Å². The molecule has 1 aromatic carbocycles. The fraction of sp³-hybridized carbons (Fsp3) is 0.471. The number of rotatable bonds is 7. The van der Waals surface area contributed by atoms with Gasteiger partial charge < -0.3 is 5.32 Å². The fourth-order valence-corrected chi connectivity index (χ4v) is 2.91. The Morgan fingerprint density at radius 1 is 1.24 bits per heavy atom. The molecule has 0 aliphatic rings. The summed E-state index contributed by atoms with van der Waals surface area (Å²) in [6.07, 6.45) is 2.14. The van der Waals surface area contributed by atoms with E-state index in [1.807, 2.05) is 0 Å². The van der Waals surface area contributed by atoms with Crippen LogP contribution < -0.4 is 5.32 Å². The molecule has 2 aromatic rings. The van der Waals surface area contributed by atoms with Gasteiger partial charge in [0.15, 0.2) is 0 Å². The van der Waals surface area contributed by atoms with E-state index in [4.69, 9.17) is 0 Å². The van der Waals surface area contributed by atoms with E-state index in [1.165, 1.54) is 14.8 Å². The highest BCUT2D eigenvalue weighted by Crippen LogP contribution is 2.20. The molecule has 114 valence electrons. The number of aryl methyl sites for hydroxylation is 2. The van der Waals surface area contributed by atoms with Crippen molar-refractivity contribution < 1.29 is 0 Å². The summed E-state index contributed by atoms with van der Waals surface area (Å²) >= 11 is 2.35. The Kier molecular flexibility index (Phi) is 6.23. The summed E-state index contributed by atoms with van der Waals surface area (Å²) in [7, 11) is 0. The average Bonchev–Trinajstić information content (AvgIpc) is 2.86. The summed E-state index contributed by atoms with van der Waals surface area (Å²) in [4.78, 5) is 0. The van der Waals surface area contributed by atoms with E-state index in [0.29, 0.717) is 6.04 Å². The van der Waals surface area contributed by atoms with E-state index in [2.05, 4.69) is 88.8 Å². The number of halogens is 1. The molecule has 4 heteroatoms. The van der Waals surface area contributed by atoms with Gasteiger partial charge in [0.2, 0.25) is 0 Å². The predicted octanol–water partition coefficient (Wildman–Crippen LogP) is 4.10. The Morgan fingerprint density at radius 3 is 2.57 bits per heavy atom. The van der Waals surface area contributed by atoms with Gasteiger partial charge in [-0.1, -0.05) is 19.1 Å². The molecule has 0 spiro atoms. The van der Waals surface area contributed by atoms with E-state index < -0.39 is 0 Å². The van der Waals surface area contributed by atoms with Crippen molar-refractivity contribution in [1.82, 2.24) is 15.1 Å². The van der Waals surface area contributed by atoms with E-state index >= 15 is 0 Å². The lowest BCUT2D eigenvalue weighted by Crippen LogP contribution is -2.26. The summed E-state index contributed by atoms with van der Waals surface area (Å²) in [5.74, 6) is 0. The number of benzene rings is 1. The minimum atomic E-state index is 0.325. The molecule has 0 aliphatic carbocycles. The molecule has 0 aliphatic heterocycles. The van der Waals surface area contributed by atoms with E-state index in [-0.39, 0.29) is 0 Å². The molecule has 3 nitrogen and oxygen atoms in total. The zero-order valence-electron chi connectivity index (χ0n) is 13.1. The molecule has 0 fully saturated rings. The predicted molar refractivity (Wildman–Crippen MR) is 96.5 cm³/mol. The Labute approximate surface area is 141 Å². The van der Waals surface area contributed by atoms with Crippen molar-refractivity contribution in [3.05, 3.63) is 50.9 Å². The number of aromatic nitrogens is 2. The van der Waals surface area contributed by atoms with Crippen LogP contribution in [0.4, 0.5) is 0 Å². The van der Waals surface area contributed by atoms with Gasteiger partial charge in [-0.2, -0.15) is 5.10 Å². The van der Waals surface area contributed by atoms with Crippen LogP contribution in [0, 0.1) is 10.5 Å². The first-order valence-corrected chi connectivity index (χ1v) is 8.74. The molecule has 1 aromatic heterocycles. The summed E-state index contributed by atoms with van der Waals surface area (Å²) in [5, 5.41) is 8.26. The molecule has 0 radical (unpaired) electrons. The van der Waals surface area contributed by atoms with Crippen molar-refractivity contribution in [2.45, 2.75) is 46.2 Å². The second kappa shape index (κ2) is 7.94. The summed E-state index contributed by atoms with van der Waals surface area (Å²) in [5.41, 5.74) is 3.75. The average molecular weight is 397 g/mol. The summed E-state index contributed by atoms with van der Waals surface area (Å²) in [6.45, 7) is 8.37. The van der Waals surface area contributed by atoms with Crippen LogP contribution in [0.3, 0.4) is 0 Å². The molecular formula is C17H24IN3. The van der Waals surface area contributed by atoms with Crippen molar-refractivity contribution in [2.75, 3.05) is 6.54 Å². The zero-order valence-corrected chi connectivity index (χ0v) is 15.2. The normalized spacial score (nSPS) is 12.6. The first-order valence-electron chi connectivity index (χ1n) is 7.66. The number of nitrogens with zero attached hydrogens (tertiary/aromatic N) is 2. The maximum absolute atomic E-state index is 4.59. The van der Waals surface area contributed by atoms with Gasteiger partial charge in [0, 0.05) is 10.1 Å². The van der Waals surface area contributed by atoms with Gasteiger partial charge in [0.1, 0.15) is 0 Å². The third-order valence-corrected chi connectivity index (χ3v) is 4.30. The molecule has 1 heterocycles. The van der Waals surface area contributed by atoms with E-state index in [0.717, 1.165) is 31.6 Å². The van der Waals surface area contributed by atoms with Gasteiger partial charge in [0.05, 0.1) is 17.4 Å². The standard InChI is InChI=1S/C17H24IN3/c1-4-10-19-16(12-14-6-8-15(18)9-7-14)17-11-13(3)20-21(17)5-2/h6-9,11,16,19H,4-5,10,12H2,1-3H3. The molecule has 0 bridgehead atoms. The Bertz CT molecular complexity index is 560. The third-order valence-electron chi connectivity index (χ3n) is 3.58. The van der Waals surface area contributed by atoms with Crippen LogP contribution in [0.1, 0.15) is 43.3 Å². The Hall–Kier alpha value is -0.880. The molecule has 0 saturated heterocycles. The Morgan fingerprint density at radius 2 is 1.95 bits per heavy atom. The second-order valence-corrected chi connectivity index (χ2v) is 6.61. The fourth-order valence-electron chi connectivity index (χ4n) is 2.56. The van der Waals surface area contributed by atoms with Gasteiger partial charge in [0.25, 0.3) is 0 Å². The lowest BCUT2D eigenvalue weighted by Gasteiger charge is -2.20. The van der Waals surface area contributed by atoms with Gasteiger partial charge >= 0.3 is 0 Å². The molecular weight excluding hydrogens is 373 g/mol. The van der Waals surface area contributed by atoms with Crippen LogP contribution in [0.5, 0.6) is 0 Å². The molecule has 1 unspecified atom stereocenters. The van der Waals surface area contributed by atoms with Crippen LogP contribution in [-0.4, -0.2) is 16.3 Å². The topological polar surface area (TPSA) is 29.9 Å². The van der Waals surface area contributed by atoms with Crippen molar-refractivity contribution in [2.24, 2.45) is 0 Å². The number of hydrogen-bond acceptors (Lipinski definition) is 2. The second-order valence-electron chi connectivity index (χ2n) is 5.36. The van der Waals surface area contributed by atoms with Crippen molar-refractivity contribution in [3.8, 4) is 0 Å². The largest absolute Gasteiger partial charge is 0.308 e. The van der Waals surface area contributed by atoms with Crippen molar-refractivity contribution in [3.63, 3.8) is 0 Å². The molecule has 0 saturated carbocycles. The molecule has 21 heavy (non-hydrogen) atoms. The molecule has 2 rings (SSSR count). The lowest BCUT2D eigenvalue weighted by molar-refractivity contribution is 0.478. The third kappa shape index (κ3) is 4.54. The zero-order chi connectivity index (χ0) is 15.2. The van der Waals surface area contributed by atoms with E-state index in [9.17, 15) is 0 Å². The SMILES string of the molecule is CCCNC(Cc1ccc(I)cc1)c1cc(C)nn1CC. The summed E-state index contributed by atoms with van der Waals surface area (Å²) in [6, 6.07) is 11.3. The monoisotopic (exact) mass is 397 g/mol. The van der Waals surface area contributed by atoms with Crippen LogP contribution in [0.25, 0.3) is 0 Å². The quantitative estimate of drug-likeness (QED) is 0.713. The van der Waals surface area contributed by atoms with Gasteiger partial charge in [-0.3, -0.25) is 4.68 Å². The lowest BCUT2D eigenvalue weighted by atomic mass is 10.0. The highest BCUT2D eigenvalue weighted by molar-refractivity contribution is 14.1. The van der Waals surface area contributed by atoms with Crippen LogP contribution in [0.15, 0.2) is 30.3 Å². The smallest absolute Gasteiger partial charge is 0.0597 e. The van der Waals surface area contributed by atoms with E-state index in [1.54, 1.807) is 0 Å². The van der Waals surface area contributed by atoms with Crippen LogP contribution >= 0.6 is 22.6 Å². The highest BCUT2D eigenvalue weighted by atomic mass is 127. The molecule has 1 atom stereocenters. The molecule has 1 N–H and O–H groups in total. The van der Waals surface area contributed by atoms with Crippen LogP contribution in [0.2, 0.25) is 0 Å². The van der Waals surface area contributed by atoms with Gasteiger partial charge in [-0.15, -0.1) is 0 Å². The van der Waals surface area contributed by atoms with Crippen LogP contribution in [-0.2, 0) is 13.0 Å². The van der Waals surface area contributed by atoms with Gasteiger partial charge in [-0.25, -0.2) is 0 Å². The Balaban J connectivity index is 2.22. The number of nitrogens with one attached hydrogen (secondary N) is 1. The molecule has 0 amide bonds. The minimum absolute atomic E-state index is 0.325. The summed E-state index contributed by atoms with van der Waals surface area (Å²) < 4.78 is 3.40. The van der Waals surface area contributed by atoms with Crippen molar-refractivity contribution in [1.29, 1.82) is 0 Å². The number of hydrogen-bond donors (Lipinski definition) is 1. The first-order chi connectivity index (χ1) is 10.1. The maximum atomic E-state index is 4.59.